The lowest BCUT2D eigenvalue weighted by molar-refractivity contribution is -0.192. The van der Waals surface area contributed by atoms with Gasteiger partial charge in [0.05, 0.1) is 16.0 Å². The largest absolute Gasteiger partial charge is 0.490 e. The van der Waals surface area contributed by atoms with Crippen molar-refractivity contribution in [2.75, 3.05) is 17.4 Å². The third kappa shape index (κ3) is 9.03. The molecule has 0 aliphatic carbocycles. The number of halogens is 3. The van der Waals surface area contributed by atoms with Gasteiger partial charge < -0.3 is 10.4 Å². The molecule has 4 aromatic rings. The van der Waals surface area contributed by atoms with Crippen LogP contribution in [-0.2, 0) is 11.3 Å². The first-order valence-corrected chi connectivity index (χ1v) is 14.0. The van der Waals surface area contributed by atoms with Gasteiger partial charge in [0.15, 0.2) is 5.82 Å². The summed E-state index contributed by atoms with van der Waals surface area (Å²) in [6.07, 6.45) is -5.08. The summed E-state index contributed by atoms with van der Waals surface area (Å²) in [5, 5.41) is 19.5. The number of thiophene rings is 1. The summed E-state index contributed by atoms with van der Waals surface area (Å²) in [6.45, 7) is 9.58. The molecule has 10 nitrogen and oxygen atoms in total. The molecule has 2 amide bonds. The molecule has 2 aromatic heterocycles. The number of hydrazine groups is 1. The monoisotopic (exact) mass is 618 g/mol. The third-order valence-electron chi connectivity index (χ3n) is 6.28. The predicted molar refractivity (Wildman–Crippen MR) is 160 cm³/mol. The van der Waals surface area contributed by atoms with E-state index in [4.69, 9.17) is 9.90 Å². The van der Waals surface area contributed by atoms with Gasteiger partial charge in [0.1, 0.15) is 4.83 Å². The standard InChI is InChI=1S/C27H32N6O2S.C2HF3O2/c1-17(2)33(18(3)4)16-19-11-13-20(14-12-19)25(34)28-24-22-15-23(36-27(22)30-29-24)26(35)31-32(5)21-9-7-6-8-10-21;3-2(4,5)1(6)7/h6-15,17-18H,16H2,1-5H3,(H,31,35)(H2,28,29,30,34);(H,6,7). The first kappa shape index (κ1) is 33.1. The molecule has 0 radical (unpaired) electrons. The van der Waals surface area contributed by atoms with Crippen molar-refractivity contribution in [3.8, 4) is 0 Å². The Hall–Kier alpha value is -4.43. The number of carboxylic acids is 1. The van der Waals surface area contributed by atoms with Gasteiger partial charge in [-0.2, -0.15) is 18.3 Å². The maximum Gasteiger partial charge on any atom is 0.490 e. The number of carboxylic acid groups (broad SMARTS) is 1. The van der Waals surface area contributed by atoms with Crippen molar-refractivity contribution >= 4 is 50.8 Å². The summed E-state index contributed by atoms with van der Waals surface area (Å²) in [5.41, 5.74) is 5.44. The van der Waals surface area contributed by atoms with Gasteiger partial charge in [0, 0.05) is 31.2 Å². The number of hydrogen-bond acceptors (Lipinski definition) is 7. The Morgan fingerprint density at radius 2 is 1.56 bits per heavy atom. The van der Waals surface area contributed by atoms with Gasteiger partial charge in [0.2, 0.25) is 0 Å². The molecule has 0 unspecified atom stereocenters. The second kappa shape index (κ2) is 14.2. The molecule has 2 heterocycles. The molecule has 0 saturated carbocycles. The predicted octanol–water partition coefficient (Wildman–Crippen LogP) is 5.91. The van der Waals surface area contributed by atoms with Crippen LogP contribution >= 0.6 is 11.3 Å². The summed E-state index contributed by atoms with van der Waals surface area (Å²) in [4.78, 5) is 38.2. The fourth-order valence-electron chi connectivity index (χ4n) is 4.06. The van der Waals surface area contributed by atoms with Crippen molar-refractivity contribution in [1.29, 1.82) is 0 Å². The summed E-state index contributed by atoms with van der Waals surface area (Å²) in [7, 11) is 1.79. The number of para-hydroxylation sites is 1. The molecule has 4 N–H and O–H groups in total. The molecule has 0 atom stereocenters. The minimum atomic E-state index is -5.08. The van der Waals surface area contributed by atoms with Gasteiger partial charge in [-0.05, 0) is 63.6 Å². The maximum atomic E-state index is 12.9. The number of aliphatic carboxylic acids is 1. The summed E-state index contributed by atoms with van der Waals surface area (Å²) < 4.78 is 31.7. The van der Waals surface area contributed by atoms with Crippen LogP contribution in [0, 0.1) is 0 Å². The number of anilines is 2. The number of alkyl halides is 3. The van der Waals surface area contributed by atoms with Crippen LogP contribution < -0.4 is 15.8 Å². The van der Waals surface area contributed by atoms with Crippen LogP contribution in [0.5, 0.6) is 0 Å². The number of fused-ring (bicyclic) bond motifs is 1. The lowest BCUT2D eigenvalue weighted by Crippen LogP contribution is -2.38. The lowest BCUT2D eigenvalue weighted by atomic mass is 10.1. The summed E-state index contributed by atoms with van der Waals surface area (Å²) >= 11 is 1.29. The van der Waals surface area contributed by atoms with Crippen LogP contribution in [0.1, 0.15) is 53.3 Å². The summed E-state index contributed by atoms with van der Waals surface area (Å²) in [6, 6.07) is 19.8. The highest BCUT2D eigenvalue weighted by atomic mass is 32.1. The SMILES string of the molecule is CC(C)N(Cc1ccc(C(=O)Nc2n[nH]c3sc(C(=O)NN(C)c4ccccc4)cc23)cc1)C(C)C.O=C(O)C(F)(F)F. The number of carbonyl (C=O) groups excluding carboxylic acids is 2. The fourth-order valence-corrected chi connectivity index (χ4v) is 4.95. The van der Waals surface area contributed by atoms with Crippen LogP contribution in [0.4, 0.5) is 24.7 Å². The van der Waals surface area contributed by atoms with E-state index in [-0.39, 0.29) is 11.8 Å². The molecule has 4 rings (SSSR count). The Morgan fingerprint density at radius 1 is 0.977 bits per heavy atom. The van der Waals surface area contributed by atoms with Gasteiger partial charge in [-0.15, -0.1) is 11.3 Å². The first-order valence-electron chi connectivity index (χ1n) is 13.2. The van der Waals surface area contributed by atoms with Crippen molar-refractivity contribution in [1.82, 2.24) is 20.5 Å². The lowest BCUT2D eigenvalue weighted by Gasteiger charge is -2.30. The molecule has 2 aromatic carbocycles. The molecular formula is C29H33F3N6O4S. The van der Waals surface area contributed by atoms with Crippen molar-refractivity contribution in [3.05, 3.63) is 76.7 Å². The van der Waals surface area contributed by atoms with E-state index in [0.29, 0.717) is 33.7 Å². The number of nitrogens with one attached hydrogen (secondary N) is 3. The fraction of sp³-hybridized carbons (Fsp3) is 0.310. The molecule has 0 aliphatic heterocycles. The van der Waals surface area contributed by atoms with E-state index in [9.17, 15) is 22.8 Å². The third-order valence-corrected chi connectivity index (χ3v) is 7.31. The molecule has 14 heteroatoms. The van der Waals surface area contributed by atoms with Crippen molar-refractivity contribution < 1.29 is 32.7 Å². The first-order chi connectivity index (χ1) is 20.2. The number of benzene rings is 2. The quantitative estimate of drug-likeness (QED) is 0.172. The number of nitrogens with zero attached hydrogens (tertiary/aromatic N) is 3. The molecular weight excluding hydrogens is 585 g/mol. The zero-order chi connectivity index (χ0) is 31.9. The molecule has 230 valence electrons. The molecule has 43 heavy (non-hydrogen) atoms. The topological polar surface area (TPSA) is 131 Å². The van der Waals surface area contributed by atoms with E-state index in [0.717, 1.165) is 22.6 Å². The number of H-pyrrole nitrogens is 1. The number of amides is 2. The Kier molecular flexibility index (Phi) is 10.9. The Morgan fingerprint density at radius 3 is 2.09 bits per heavy atom. The van der Waals surface area contributed by atoms with Gasteiger partial charge in [-0.1, -0.05) is 30.3 Å². The molecule has 0 saturated heterocycles. The van der Waals surface area contributed by atoms with Gasteiger partial charge in [-0.3, -0.25) is 30.0 Å². The number of hydrogen-bond donors (Lipinski definition) is 4. The Labute approximate surface area is 250 Å². The number of aromatic amines is 1. The highest BCUT2D eigenvalue weighted by Crippen LogP contribution is 2.29. The maximum absolute atomic E-state index is 12.9. The second-order valence-corrected chi connectivity index (χ2v) is 11.1. The number of rotatable bonds is 9. The molecule has 0 bridgehead atoms. The van der Waals surface area contributed by atoms with Gasteiger partial charge in [-0.25, -0.2) is 4.79 Å². The van der Waals surface area contributed by atoms with Crippen molar-refractivity contribution in [3.63, 3.8) is 0 Å². The van der Waals surface area contributed by atoms with Crippen molar-refractivity contribution in [2.45, 2.75) is 52.5 Å². The Bertz CT molecular complexity index is 1530. The smallest absolute Gasteiger partial charge is 0.475 e. The van der Waals surface area contributed by atoms with Crippen molar-refractivity contribution in [2.24, 2.45) is 0 Å². The second-order valence-electron chi connectivity index (χ2n) is 10.1. The van der Waals surface area contributed by atoms with Gasteiger partial charge in [0.25, 0.3) is 11.8 Å². The normalized spacial score (nSPS) is 11.4. The van der Waals surface area contributed by atoms with E-state index in [2.05, 4.69) is 53.5 Å². The minimum Gasteiger partial charge on any atom is -0.475 e. The zero-order valence-corrected chi connectivity index (χ0v) is 25.0. The zero-order valence-electron chi connectivity index (χ0n) is 24.2. The van der Waals surface area contributed by atoms with Crippen LogP contribution in [0.25, 0.3) is 10.2 Å². The number of aromatic nitrogens is 2. The molecule has 0 fully saturated rings. The van der Waals surface area contributed by atoms with E-state index < -0.39 is 12.1 Å². The number of carbonyl (C=O) groups is 3. The van der Waals surface area contributed by atoms with Crippen LogP contribution in [0.15, 0.2) is 60.7 Å². The van der Waals surface area contributed by atoms with E-state index >= 15 is 0 Å². The van der Waals surface area contributed by atoms with Gasteiger partial charge >= 0.3 is 12.1 Å². The van der Waals surface area contributed by atoms with Crippen LogP contribution in [0.2, 0.25) is 0 Å². The average molecular weight is 619 g/mol. The Balaban J connectivity index is 0.000000646. The molecule has 0 spiro atoms. The van der Waals surface area contributed by atoms with Crippen LogP contribution in [-0.4, -0.2) is 63.3 Å². The minimum absolute atomic E-state index is 0.236. The highest BCUT2D eigenvalue weighted by molar-refractivity contribution is 7.20. The average Bonchev–Trinajstić information content (AvgIpc) is 3.54. The van der Waals surface area contributed by atoms with E-state index in [1.807, 2.05) is 54.6 Å². The van der Waals surface area contributed by atoms with E-state index in [1.165, 1.54) is 11.3 Å². The highest BCUT2D eigenvalue weighted by Gasteiger charge is 2.38. The summed E-state index contributed by atoms with van der Waals surface area (Å²) in [5.74, 6) is -2.84. The van der Waals surface area contributed by atoms with Crippen LogP contribution in [0.3, 0.4) is 0 Å². The van der Waals surface area contributed by atoms with E-state index in [1.54, 1.807) is 18.1 Å². The molecule has 0 aliphatic rings.